The number of nitrogens with zero attached hydrogens (tertiary/aromatic N) is 1. The number of methoxy groups -OCH3 is 1. The van der Waals surface area contributed by atoms with Crippen molar-refractivity contribution in [1.82, 2.24) is 4.98 Å². The Morgan fingerprint density at radius 1 is 1.00 bits per heavy atom. The van der Waals surface area contributed by atoms with E-state index in [0.29, 0.717) is 13.2 Å². The molecule has 0 radical (unpaired) electrons. The summed E-state index contributed by atoms with van der Waals surface area (Å²) in [6.45, 7) is 5.02. The largest absolute Gasteiger partial charge is 0.496 e. The minimum absolute atomic E-state index is 0.326. The van der Waals surface area contributed by atoms with Crippen LogP contribution in [0.15, 0.2) is 42.5 Å². The fourth-order valence-corrected chi connectivity index (χ4v) is 2.99. The Morgan fingerprint density at radius 2 is 1.85 bits per heavy atom. The van der Waals surface area contributed by atoms with Crippen molar-refractivity contribution in [3.05, 3.63) is 53.7 Å². The molecular weight excluding hydrogens is 340 g/mol. The number of rotatable bonds is 8. The third kappa shape index (κ3) is 4.08. The second-order valence-corrected chi connectivity index (χ2v) is 6.29. The second-order valence-electron chi connectivity index (χ2n) is 6.29. The molecule has 3 rings (SSSR count). The highest BCUT2D eigenvalue weighted by atomic mass is 16.5. The molecule has 5 heteroatoms. The predicted octanol–water partition coefficient (Wildman–Crippen LogP) is 4.96. The van der Waals surface area contributed by atoms with Crippen LogP contribution in [-0.2, 0) is 6.61 Å². The summed E-state index contributed by atoms with van der Waals surface area (Å²) in [4.78, 5) is 4.64. The molecule has 0 saturated carbocycles. The Balaban J connectivity index is 1.97. The number of anilines is 1. The highest BCUT2D eigenvalue weighted by Gasteiger charge is 2.17. The monoisotopic (exact) mass is 366 g/mol. The molecule has 0 saturated heterocycles. The van der Waals surface area contributed by atoms with Gasteiger partial charge in [-0.2, -0.15) is 0 Å². The van der Waals surface area contributed by atoms with Gasteiger partial charge in [0.1, 0.15) is 23.6 Å². The smallest absolute Gasteiger partial charge is 0.152 e. The summed E-state index contributed by atoms with van der Waals surface area (Å²) in [6, 6.07) is 13.9. The van der Waals surface area contributed by atoms with Crippen molar-refractivity contribution in [2.45, 2.75) is 26.9 Å². The van der Waals surface area contributed by atoms with E-state index in [1.807, 2.05) is 50.4 Å². The lowest BCUT2D eigenvalue weighted by atomic mass is 10.1. The average molecular weight is 366 g/mol. The van der Waals surface area contributed by atoms with E-state index >= 15 is 0 Å². The zero-order valence-corrected chi connectivity index (χ0v) is 16.3. The molecule has 2 aromatic carbocycles. The number of ether oxygens (including phenoxy) is 3. The molecule has 0 aliphatic heterocycles. The van der Waals surface area contributed by atoms with E-state index in [1.54, 1.807) is 7.11 Å². The number of hydrogen-bond acceptors (Lipinski definition) is 5. The minimum atomic E-state index is 0.326. The van der Waals surface area contributed by atoms with Gasteiger partial charge in [0.25, 0.3) is 0 Å². The summed E-state index contributed by atoms with van der Waals surface area (Å²) in [5.41, 5.74) is 3.61. The lowest BCUT2D eigenvalue weighted by Crippen LogP contribution is -2.07. The van der Waals surface area contributed by atoms with Gasteiger partial charge in [0, 0.05) is 18.1 Å². The van der Waals surface area contributed by atoms with Crippen LogP contribution in [0.5, 0.6) is 17.2 Å². The van der Waals surface area contributed by atoms with E-state index < -0.39 is 0 Å². The summed E-state index contributed by atoms with van der Waals surface area (Å²) in [6.07, 6.45) is 0.924. The van der Waals surface area contributed by atoms with Crippen molar-refractivity contribution < 1.29 is 14.2 Å². The lowest BCUT2D eigenvalue weighted by molar-refractivity contribution is 0.273. The van der Waals surface area contributed by atoms with E-state index in [1.165, 1.54) is 0 Å². The van der Waals surface area contributed by atoms with Crippen molar-refractivity contribution in [2.24, 2.45) is 0 Å². The number of aromatic nitrogens is 1. The molecule has 0 amide bonds. The van der Waals surface area contributed by atoms with Crippen molar-refractivity contribution in [2.75, 3.05) is 26.1 Å². The lowest BCUT2D eigenvalue weighted by Gasteiger charge is -2.19. The molecule has 0 aliphatic carbocycles. The van der Waals surface area contributed by atoms with Crippen LogP contribution in [0.2, 0.25) is 0 Å². The first-order chi connectivity index (χ1) is 13.2. The normalized spacial score (nSPS) is 10.7. The summed E-state index contributed by atoms with van der Waals surface area (Å²) in [7, 11) is 3.53. The van der Waals surface area contributed by atoms with Crippen molar-refractivity contribution in [3.63, 3.8) is 0 Å². The Hall–Kier alpha value is -2.95. The summed E-state index contributed by atoms with van der Waals surface area (Å²) >= 11 is 0. The fraction of sp³-hybridized carbons (Fsp3) is 0.318. The number of nitrogens with one attached hydrogen (secondary N) is 1. The summed E-state index contributed by atoms with van der Waals surface area (Å²) < 4.78 is 17.7. The van der Waals surface area contributed by atoms with Gasteiger partial charge in [-0.15, -0.1) is 0 Å². The van der Waals surface area contributed by atoms with E-state index in [0.717, 1.165) is 51.5 Å². The van der Waals surface area contributed by atoms with E-state index in [-0.39, 0.29) is 0 Å². The molecule has 1 aromatic heterocycles. The van der Waals surface area contributed by atoms with Gasteiger partial charge in [0.05, 0.1) is 25.0 Å². The van der Waals surface area contributed by atoms with Gasteiger partial charge in [-0.1, -0.05) is 25.1 Å². The first-order valence-electron chi connectivity index (χ1n) is 9.17. The second kappa shape index (κ2) is 8.62. The van der Waals surface area contributed by atoms with Gasteiger partial charge in [-0.05, 0) is 37.6 Å². The predicted molar refractivity (Wildman–Crippen MR) is 109 cm³/mol. The number of aryl methyl sites for hydroxylation is 1. The number of fused-ring (bicyclic) bond motifs is 1. The Bertz CT molecular complexity index is 925. The molecule has 0 aliphatic rings. The van der Waals surface area contributed by atoms with Gasteiger partial charge < -0.3 is 19.5 Å². The van der Waals surface area contributed by atoms with Crippen molar-refractivity contribution >= 4 is 16.6 Å². The van der Waals surface area contributed by atoms with Crippen LogP contribution in [0, 0.1) is 6.92 Å². The highest BCUT2D eigenvalue weighted by Crippen LogP contribution is 2.37. The first kappa shape index (κ1) is 18.8. The Morgan fingerprint density at radius 3 is 2.59 bits per heavy atom. The average Bonchev–Trinajstić information content (AvgIpc) is 2.70. The standard InChI is InChI=1S/C22H26N2O3/c1-5-13-26-22-17(19(25-4)12-11-18(22)23-3)14-27-20-8-6-7-16-10-9-15(2)24-21(16)20/h6-12,23H,5,13-14H2,1-4H3. The van der Waals surface area contributed by atoms with E-state index in [4.69, 9.17) is 14.2 Å². The van der Waals surface area contributed by atoms with Gasteiger partial charge in [-0.3, -0.25) is 0 Å². The molecule has 0 spiro atoms. The van der Waals surface area contributed by atoms with Crippen LogP contribution < -0.4 is 19.5 Å². The first-order valence-corrected chi connectivity index (χ1v) is 9.17. The Labute approximate surface area is 160 Å². The molecule has 0 fully saturated rings. The summed E-state index contributed by atoms with van der Waals surface area (Å²) in [5.74, 6) is 2.25. The highest BCUT2D eigenvalue weighted by molar-refractivity contribution is 5.84. The minimum Gasteiger partial charge on any atom is -0.496 e. The van der Waals surface area contributed by atoms with Crippen LogP contribution in [0.4, 0.5) is 5.69 Å². The SMILES string of the molecule is CCCOc1c(NC)ccc(OC)c1COc1cccc2ccc(C)nc12. The molecule has 27 heavy (non-hydrogen) atoms. The van der Waals surface area contributed by atoms with Gasteiger partial charge in [0.2, 0.25) is 0 Å². The van der Waals surface area contributed by atoms with Gasteiger partial charge in [0.15, 0.2) is 5.75 Å². The molecule has 1 N–H and O–H groups in total. The van der Waals surface area contributed by atoms with Crippen LogP contribution >= 0.6 is 0 Å². The topological polar surface area (TPSA) is 52.6 Å². The fourth-order valence-electron chi connectivity index (χ4n) is 2.99. The maximum Gasteiger partial charge on any atom is 0.152 e. The molecular formula is C22H26N2O3. The van der Waals surface area contributed by atoms with Crippen LogP contribution in [-0.4, -0.2) is 25.7 Å². The molecule has 1 heterocycles. The number of pyridine rings is 1. The summed E-state index contributed by atoms with van der Waals surface area (Å²) in [5, 5.41) is 4.24. The van der Waals surface area contributed by atoms with Crippen molar-refractivity contribution in [1.29, 1.82) is 0 Å². The third-order valence-corrected chi connectivity index (χ3v) is 4.35. The molecule has 5 nitrogen and oxygen atoms in total. The van der Waals surface area contributed by atoms with Gasteiger partial charge in [-0.25, -0.2) is 4.98 Å². The van der Waals surface area contributed by atoms with E-state index in [9.17, 15) is 0 Å². The van der Waals surface area contributed by atoms with Gasteiger partial charge >= 0.3 is 0 Å². The maximum absolute atomic E-state index is 6.17. The van der Waals surface area contributed by atoms with Crippen molar-refractivity contribution in [3.8, 4) is 17.2 Å². The maximum atomic E-state index is 6.17. The zero-order chi connectivity index (χ0) is 19.2. The van der Waals surface area contributed by atoms with Crippen LogP contribution in [0.25, 0.3) is 10.9 Å². The van der Waals surface area contributed by atoms with Crippen LogP contribution in [0.3, 0.4) is 0 Å². The third-order valence-electron chi connectivity index (χ3n) is 4.35. The number of para-hydroxylation sites is 1. The molecule has 0 bridgehead atoms. The van der Waals surface area contributed by atoms with E-state index in [2.05, 4.69) is 23.3 Å². The zero-order valence-electron chi connectivity index (χ0n) is 16.3. The number of benzene rings is 2. The quantitative estimate of drug-likeness (QED) is 0.610. The molecule has 0 unspecified atom stereocenters. The van der Waals surface area contributed by atoms with Crippen LogP contribution in [0.1, 0.15) is 24.6 Å². The Kier molecular flexibility index (Phi) is 6.01. The number of hydrogen-bond donors (Lipinski definition) is 1. The molecule has 0 atom stereocenters. The molecule has 3 aromatic rings. The molecule has 142 valence electrons.